The van der Waals surface area contributed by atoms with Crippen molar-refractivity contribution in [3.8, 4) is 5.75 Å². The zero-order valence-corrected chi connectivity index (χ0v) is 27.0. The topological polar surface area (TPSA) is 93.6 Å². The SMILES string of the molecule is CCCC(CCC)N(C(=O)CN1C[C@H](c2ccc3c(c2)CCO3)[C@@H](C(=O)O)[C@@H]1CCN1CCN(C)C1=O)c1ccc(F)c(C)c1. The van der Waals surface area contributed by atoms with Gasteiger partial charge in [0.15, 0.2) is 0 Å². The summed E-state index contributed by atoms with van der Waals surface area (Å²) in [5.41, 5.74) is 3.15. The zero-order valence-electron chi connectivity index (χ0n) is 27.0. The molecule has 9 nitrogen and oxygen atoms in total. The number of likely N-dealkylation sites (N-methyl/N-ethyl adjacent to an activating group) is 1. The van der Waals surface area contributed by atoms with Crippen LogP contribution in [0.25, 0.3) is 0 Å². The molecule has 3 aliphatic heterocycles. The van der Waals surface area contributed by atoms with Crippen LogP contribution in [0.2, 0.25) is 0 Å². The Morgan fingerprint density at radius 1 is 1.11 bits per heavy atom. The number of rotatable bonds is 13. The first-order valence-electron chi connectivity index (χ1n) is 16.4. The molecule has 0 unspecified atom stereocenters. The van der Waals surface area contributed by atoms with E-state index in [0.717, 1.165) is 49.0 Å². The van der Waals surface area contributed by atoms with E-state index in [1.165, 1.54) is 6.07 Å². The number of carbonyl (C=O) groups is 3. The van der Waals surface area contributed by atoms with Crippen LogP contribution in [-0.4, -0.2) is 96.2 Å². The maximum Gasteiger partial charge on any atom is 0.319 e. The van der Waals surface area contributed by atoms with Gasteiger partial charge in [0.25, 0.3) is 0 Å². The lowest BCUT2D eigenvalue weighted by atomic mass is 9.83. The molecular formula is C35H47FN4O5. The Morgan fingerprint density at radius 2 is 1.87 bits per heavy atom. The Bertz CT molecular complexity index is 1400. The van der Waals surface area contributed by atoms with E-state index in [1.807, 2.05) is 21.9 Å². The van der Waals surface area contributed by atoms with Crippen LogP contribution in [0.5, 0.6) is 5.75 Å². The van der Waals surface area contributed by atoms with Gasteiger partial charge in [-0.2, -0.15) is 0 Å². The van der Waals surface area contributed by atoms with Gasteiger partial charge in [-0.3, -0.25) is 14.5 Å². The third-order valence-corrected chi connectivity index (χ3v) is 9.81. The highest BCUT2D eigenvalue weighted by Gasteiger charge is 2.48. The number of carboxylic acid groups (broad SMARTS) is 1. The van der Waals surface area contributed by atoms with E-state index >= 15 is 0 Å². The van der Waals surface area contributed by atoms with Crippen molar-refractivity contribution >= 4 is 23.6 Å². The highest BCUT2D eigenvalue weighted by Crippen LogP contribution is 2.41. The molecule has 0 spiro atoms. The van der Waals surface area contributed by atoms with Gasteiger partial charge in [-0.25, -0.2) is 9.18 Å². The number of carboxylic acids is 1. The van der Waals surface area contributed by atoms with E-state index in [9.17, 15) is 23.9 Å². The monoisotopic (exact) mass is 622 g/mol. The summed E-state index contributed by atoms with van der Waals surface area (Å²) in [6, 6.07) is 10.2. The van der Waals surface area contributed by atoms with Crippen molar-refractivity contribution in [1.29, 1.82) is 0 Å². The van der Waals surface area contributed by atoms with Crippen LogP contribution in [0.1, 0.15) is 68.6 Å². The Hall–Kier alpha value is -3.66. The number of aliphatic carboxylic acids is 1. The quantitative estimate of drug-likeness (QED) is 0.326. The molecule has 1 N–H and O–H groups in total. The molecule has 0 bridgehead atoms. The molecule has 10 heteroatoms. The van der Waals surface area contributed by atoms with Crippen molar-refractivity contribution in [2.24, 2.45) is 5.92 Å². The Morgan fingerprint density at radius 3 is 2.51 bits per heavy atom. The molecule has 2 aromatic carbocycles. The molecule has 3 aliphatic rings. The summed E-state index contributed by atoms with van der Waals surface area (Å²) in [6.07, 6.45) is 4.63. The molecule has 0 radical (unpaired) electrons. The summed E-state index contributed by atoms with van der Waals surface area (Å²) in [6.45, 7) is 8.60. The average Bonchev–Trinajstić information content (AvgIpc) is 3.71. The average molecular weight is 623 g/mol. The lowest BCUT2D eigenvalue weighted by Crippen LogP contribution is -2.48. The largest absolute Gasteiger partial charge is 0.493 e. The van der Waals surface area contributed by atoms with Gasteiger partial charge < -0.3 is 24.5 Å². The molecule has 3 atom stereocenters. The molecule has 0 aliphatic carbocycles. The molecule has 0 saturated carbocycles. The summed E-state index contributed by atoms with van der Waals surface area (Å²) in [7, 11) is 1.77. The maximum absolute atomic E-state index is 14.4. The predicted molar refractivity (Wildman–Crippen MR) is 171 cm³/mol. The van der Waals surface area contributed by atoms with Gasteiger partial charge >= 0.3 is 12.0 Å². The zero-order chi connectivity index (χ0) is 32.2. The molecule has 244 valence electrons. The van der Waals surface area contributed by atoms with Gasteiger partial charge in [0.2, 0.25) is 5.91 Å². The third-order valence-electron chi connectivity index (χ3n) is 9.81. The fourth-order valence-electron chi connectivity index (χ4n) is 7.48. The Balaban J connectivity index is 1.47. The van der Waals surface area contributed by atoms with Crippen LogP contribution in [0.3, 0.4) is 0 Å². The minimum Gasteiger partial charge on any atom is -0.493 e. The number of anilines is 1. The third kappa shape index (κ3) is 6.95. The van der Waals surface area contributed by atoms with Gasteiger partial charge in [0.05, 0.1) is 19.1 Å². The lowest BCUT2D eigenvalue weighted by Gasteiger charge is -2.35. The van der Waals surface area contributed by atoms with Gasteiger partial charge in [0.1, 0.15) is 11.6 Å². The summed E-state index contributed by atoms with van der Waals surface area (Å²) in [5.74, 6) is -1.58. The first-order valence-corrected chi connectivity index (χ1v) is 16.4. The number of nitrogens with zero attached hydrogens (tertiary/aromatic N) is 4. The van der Waals surface area contributed by atoms with Gasteiger partial charge in [-0.1, -0.05) is 38.8 Å². The normalized spacial score (nSPS) is 21.5. The second-order valence-corrected chi connectivity index (χ2v) is 12.8. The fourth-order valence-corrected chi connectivity index (χ4v) is 7.48. The number of carbonyl (C=O) groups excluding carboxylic acids is 2. The second-order valence-electron chi connectivity index (χ2n) is 12.8. The molecular weight excluding hydrogens is 575 g/mol. The van der Waals surface area contributed by atoms with Crippen LogP contribution >= 0.6 is 0 Å². The Labute approximate surface area is 265 Å². The number of benzene rings is 2. The number of aryl methyl sites for hydroxylation is 1. The molecule has 3 heterocycles. The molecule has 2 aromatic rings. The van der Waals surface area contributed by atoms with E-state index in [0.29, 0.717) is 50.5 Å². The molecule has 3 amide bonds. The highest BCUT2D eigenvalue weighted by molar-refractivity contribution is 5.95. The molecule has 2 fully saturated rings. The predicted octanol–water partition coefficient (Wildman–Crippen LogP) is 5.30. The van der Waals surface area contributed by atoms with Crippen LogP contribution in [-0.2, 0) is 16.0 Å². The minimum absolute atomic E-state index is 0.0349. The van der Waals surface area contributed by atoms with Crippen LogP contribution in [0, 0.1) is 18.7 Å². The first-order chi connectivity index (χ1) is 21.6. The van der Waals surface area contributed by atoms with Crippen molar-refractivity contribution in [3.63, 3.8) is 0 Å². The van der Waals surface area contributed by atoms with E-state index in [2.05, 4.69) is 19.9 Å². The molecule has 45 heavy (non-hydrogen) atoms. The molecule has 0 aromatic heterocycles. The number of hydrogen-bond donors (Lipinski definition) is 1. The number of likely N-dealkylation sites (tertiary alicyclic amines) is 1. The van der Waals surface area contributed by atoms with E-state index in [-0.39, 0.29) is 36.3 Å². The van der Waals surface area contributed by atoms with Crippen LogP contribution < -0.4 is 9.64 Å². The lowest BCUT2D eigenvalue weighted by molar-refractivity contribution is -0.143. The summed E-state index contributed by atoms with van der Waals surface area (Å²) < 4.78 is 20.0. The van der Waals surface area contributed by atoms with Gasteiger partial charge in [0, 0.05) is 63.3 Å². The van der Waals surface area contributed by atoms with Crippen molar-refractivity contribution in [1.82, 2.24) is 14.7 Å². The van der Waals surface area contributed by atoms with E-state index in [4.69, 9.17) is 4.74 Å². The fraction of sp³-hybridized carbons (Fsp3) is 0.571. The summed E-state index contributed by atoms with van der Waals surface area (Å²) in [4.78, 5) is 47.4. The van der Waals surface area contributed by atoms with Crippen molar-refractivity contribution < 1.29 is 28.6 Å². The number of amides is 3. The number of halogens is 1. The number of hydrogen-bond acceptors (Lipinski definition) is 5. The van der Waals surface area contributed by atoms with E-state index in [1.54, 1.807) is 35.9 Å². The number of ether oxygens (including phenoxy) is 1. The Kier molecular flexibility index (Phi) is 10.3. The van der Waals surface area contributed by atoms with Crippen molar-refractivity contribution in [3.05, 3.63) is 58.9 Å². The van der Waals surface area contributed by atoms with Crippen molar-refractivity contribution in [2.45, 2.75) is 77.3 Å². The summed E-state index contributed by atoms with van der Waals surface area (Å²) >= 11 is 0. The molecule has 2 saturated heterocycles. The smallest absolute Gasteiger partial charge is 0.319 e. The van der Waals surface area contributed by atoms with E-state index < -0.39 is 17.9 Å². The number of urea groups is 1. The second kappa shape index (κ2) is 14.2. The first kappa shape index (κ1) is 32.7. The van der Waals surface area contributed by atoms with Gasteiger partial charge in [-0.15, -0.1) is 0 Å². The van der Waals surface area contributed by atoms with Crippen LogP contribution in [0.4, 0.5) is 14.9 Å². The van der Waals surface area contributed by atoms with Crippen molar-refractivity contribution in [2.75, 3.05) is 51.3 Å². The highest BCUT2D eigenvalue weighted by atomic mass is 19.1. The standard InChI is InChI=1S/C35H47FN4O5/c1-5-7-26(8-6-2)40(27-10-11-29(36)23(3)19-27)32(41)22-39-21-28(24-9-12-31-25(20-24)14-18-45-31)33(34(42)43)30(39)13-15-38-17-16-37(4)35(38)44/h9-12,19-20,26,28,30,33H,5-8,13-18,21-22H2,1-4H3,(H,42,43)/t28-,30+,33-/m1/s1. The minimum atomic E-state index is -0.901. The molecule has 5 rings (SSSR count). The summed E-state index contributed by atoms with van der Waals surface area (Å²) in [5, 5.41) is 10.6. The number of fused-ring (bicyclic) bond motifs is 1. The van der Waals surface area contributed by atoms with Gasteiger partial charge in [-0.05, 0) is 67.1 Å². The maximum atomic E-state index is 14.4. The van der Waals surface area contributed by atoms with Crippen LogP contribution in [0.15, 0.2) is 36.4 Å².